The third kappa shape index (κ3) is 2.71. The van der Waals surface area contributed by atoms with Crippen LogP contribution >= 0.6 is 11.6 Å². The molecule has 0 aliphatic carbocycles. The zero-order valence-corrected chi connectivity index (χ0v) is 11.2. The first-order chi connectivity index (χ1) is 8.61. The number of hydrogen-bond acceptors (Lipinski definition) is 4. The van der Waals surface area contributed by atoms with Gasteiger partial charge in [0.2, 0.25) is 5.89 Å². The highest BCUT2D eigenvalue weighted by Gasteiger charge is 2.16. The molecular weight excluding hydrogens is 250 g/mol. The molecule has 0 saturated carbocycles. The van der Waals surface area contributed by atoms with E-state index in [0.717, 1.165) is 24.0 Å². The van der Waals surface area contributed by atoms with Gasteiger partial charge < -0.3 is 10.3 Å². The van der Waals surface area contributed by atoms with Crippen molar-refractivity contribution < 1.29 is 4.52 Å². The number of nitrogens with two attached hydrogens (primary N) is 1. The van der Waals surface area contributed by atoms with Crippen LogP contribution in [0.1, 0.15) is 42.2 Å². The number of aryl methyl sites for hydroxylation is 2. The van der Waals surface area contributed by atoms with E-state index in [1.807, 2.05) is 25.1 Å². The van der Waals surface area contributed by atoms with E-state index in [9.17, 15) is 0 Å². The quantitative estimate of drug-likeness (QED) is 0.923. The first-order valence-electron chi connectivity index (χ1n) is 5.96. The van der Waals surface area contributed by atoms with E-state index in [1.165, 1.54) is 0 Å². The van der Waals surface area contributed by atoms with Crippen LogP contribution in [0.4, 0.5) is 0 Å². The number of benzene rings is 1. The molecule has 0 radical (unpaired) electrons. The lowest BCUT2D eigenvalue weighted by Crippen LogP contribution is -2.13. The van der Waals surface area contributed by atoms with Gasteiger partial charge in [-0.3, -0.25) is 0 Å². The van der Waals surface area contributed by atoms with Gasteiger partial charge in [0, 0.05) is 11.4 Å². The Hall–Kier alpha value is -1.39. The Morgan fingerprint density at radius 2 is 2.22 bits per heavy atom. The van der Waals surface area contributed by atoms with Crippen LogP contribution in [0.5, 0.6) is 0 Å². The van der Waals surface area contributed by atoms with Crippen molar-refractivity contribution >= 4 is 11.6 Å². The average molecular weight is 266 g/mol. The minimum atomic E-state index is -0.405. The van der Waals surface area contributed by atoms with E-state index in [1.54, 1.807) is 0 Å². The summed E-state index contributed by atoms with van der Waals surface area (Å²) in [5, 5.41) is 4.60. The van der Waals surface area contributed by atoms with Gasteiger partial charge in [-0.15, -0.1) is 0 Å². The Kier molecular flexibility index (Phi) is 3.99. The molecule has 0 spiro atoms. The highest BCUT2D eigenvalue weighted by molar-refractivity contribution is 6.31. The van der Waals surface area contributed by atoms with Gasteiger partial charge in [0.15, 0.2) is 5.82 Å². The van der Waals surface area contributed by atoms with Gasteiger partial charge >= 0.3 is 0 Å². The molecule has 0 saturated heterocycles. The van der Waals surface area contributed by atoms with E-state index < -0.39 is 6.04 Å². The van der Waals surface area contributed by atoms with Gasteiger partial charge in [-0.05, 0) is 30.5 Å². The molecule has 2 aromatic rings. The summed E-state index contributed by atoms with van der Waals surface area (Å²) in [5.41, 5.74) is 8.01. The number of hydrogen-bond donors (Lipinski definition) is 1. The molecule has 4 nitrogen and oxygen atoms in total. The van der Waals surface area contributed by atoms with Crippen molar-refractivity contribution in [2.24, 2.45) is 5.73 Å². The fraction of sp³-hybridized carbons (Fsp3) is 0.385. The molecule has 0 bridgehead atoms. The van der Waals surface area contributed by atoms with Crippen molar-refractivity contribution in [2.45, 2.75) is 32.7 Å². The van der Waals surface area contributed by atoms with Crippen molar-refractivity contribution in [3.63, 3.8) is 0 Å². The van der Waals surface area contributed by atoms with Gasteiger partial charge in [-0.1, -0.05) is 35.8 Å². The van der Waals surface area contributed by atoms with Gasteiger partial charge in [-0.25, -0.2) is 0 Å². The number of aromatic nitrogens is 2. The summed E-state index contributed by atoms with van der Waals surface area (Å²) >= 11 is 6.08. The van der Waals surface area contributed by atoms with E-state index in [0.29, 0.717) is 16.7 Å². The lowest BCUT2D eigenvalue weighted by atomic mass is 10.1. The maximum absolute atomic E-state index is 6.10. The number of rotatable bonds is 4. The normalized spacial score (nSPS) is 12.7. The zero-order chi connectivity index (χ0) is 13.1. The van der Waals surface area contributed by atoms with Crippen molar-refractivity contribution in [3.8, 4) is 0 Å². The molecule has 0 amide bonds. The van der Waals surface area contributed by atoms with Crippen molar-refractivity contribution in [3.05, 3.63) is 46.1 Å². The molecule has 0 aliphatic heterocycles. The van der Waals surface area contributed by atoms with Crippen LogP contribution in [-0.4, -0.2) is 10.1 Å². The first kappa shape index (κ1) is 13.1. The molecule has 96 valence electrons. The molecule has 1 heterocycles. The molecule has 2 rings (SSSR count). The summed E-state index contributed by atoms with van der Waals surface area (Å²) in [6.45, 7) is 4.01. The predicted octanol–water partition coefficient (Wildman–Crippen LogP) is 3.03. The molecular formula is C13H16ClN3O. The maximum Gasteiger partial charge on any atom is 0.226 e. The van der Waals surface area contributed by atoms with Crippen LogP contribution in [0.15, 0.2) is 22.7 Å². The molecule has 0 fully saturated rings. The molecule has 2 N–H and O–H groups in total. The fourth-order valence-electron chi connectivity index (χ4n) is 1.66. The second-order valence-corrected chi connectivity index (χ2v) is 4.69. The van der Waals surface area contributed by atoms with Gasteiger partial charge in [0.1, 0.15) is 0 Å². The second-order valence-electron chi connectivity index (χ2n) is 4.28. The van der Waals surface area contributed by atoms with Gasteiger partial charge in [0.25, 0.3) is 0 Å². The zero-order valence-electron chi connectivity index (χ0n) is 10.5. The van der Waals surface area contributed by atoms with Crippen molar-refractivity contribution in [1.82, 2.24) is 10.1 Å². The Bertz CT molecular complexity index is 539. The number of halogens is 1. The summed E-state index contributed by atoms with van der Waals surface area (Å²) in [5.74, 6) is 1.12. The Balaban J connectivity index is 2.23. The highest BCUT2D eigenvalue weighted by Crippen LogP contribution is 2.23. The van der Waals surface area contributed by atoms with Crippen LogP contribution in [0.3, 0.4) is 0 Å². The van der Waals surface area contributed by atoms with Crippen LogP contribution < -0.4 is 5.73 Å². The predicted molar refractivity (Wildman–Crippen MR) is 70.5 cm³/mol. The lowest BCUT2D eigenvalue weighted by Gasteiger charge is -2.08. The molecule has 1 aromatic heterocycles. The fourth-order valence-corrected chi connectivity index (χ4v) is 1.85. The minimum Gasteiger partial charge on any atom is -0.339 e. The lowest BCUT2D eigenvalue weighted by molar-refractivity contribution is 0.370. The smallest absolute Gasteiger partial charge is 0.226 e. The maximum atomic E-state index is 6.10. The monoisotopic (exact) mass is 265 g/mol. The van der Waals surface area contributed by atoms with Crippen LogP contribution in [0.2, 0.25) is 5.02 Å². The first-order valence-corrected chi connectivity index (χ1v) is 6.33. The van der Waals surface area contributed by atoms with Crippen molar-refractivity contribution in [1.29, 1.82) is 0 Å². The van der Waals surface area contributed by atoms with Gasteiger partial charge in [-0.2, -0.15) is 4.98 Å². The summed E-state index contributed by atoms with van der Waals surface area (Å²) in [6, 6.07) is 5.31. The summed E-state index contributed by atoms with van der Waals surface area (Å²) in [7, 11) is 0. The van der Waals surface area contributed by atoms with E-state index in [2.05, 4.69) is 17.1 Å². The van der Waals surface area contributed by atoms with Crippen molar-refractivity contribution in [2.75, 3.05) is 0 Å². The summed E-state index contributed by atoms with van der Waals surface area (Å²) in [4.78, 5) is 4.28. The van der Waals surface area contributed by atoms with Crippen LogP contribution in [0, 0.1) is 6.92 Å². The van der Waals surface area contributed by atoms with Crippen LogP contribution in [0.25, 0.3) is 0 Å². The van der Waals surface area contributed by atoms with Gasteiger partial charge in [0.05, 0.1) is 6.04 Å². The molecule has 1 aromatic carbocycles. The highest BCUT2D eigenvalue weighted by atomic mass is 35.5. The number of nitrogens with zero attached hydrogens (tertiary/aromatic N) is 2. The molecule has 1 atom stereocenters. The van der Waals surface area contributed by atoms with Crippen LogP contribution in [-0.2, 0) is 6.42 Å². The summed E-state index contributed by atoms with van der Waals surface area (Å²) < 4.78 is 5.13. The Labute approximate surface area is 111 Å². The third-order valence-electron chi connectivity index (χ3n) is 2.78. The summed E-state index contributed by atoms with van der Waals surface area (Å²) in [6.07, 6.45) is 1.74. The van der Waals surface area contributed by atoms with E-state index in [-0.39, 0.29) is 0 Å². The molecule has 5 heteroatoms. The minimum absolute atomic E-state index is 0.405. The Morgan fingerprint density at radius 3 is 2.89 bits per heavy atom. The largest absolute Gasteiger partial charge is 0.339 e. The second kappa shape index (κ2) is 5.50. The standard InChI is InChI=1S/C13H16ClN3O/c1-3-4-11-16-13(17-18-11)12(15)9-6-5-8(2)10(14)7-9/h5-7,12H,3-4,15H2,1-2H3. The third-order valence-corrected chi connectivity index (χ3v) is 3.19. The topological polar surface area (TPSA) is 64.9 Å². The SMILES string of the molecule is CCCc1nc(C(N)c2ccc(C)c(Cl)c2)no1. The molecule has 18 heavy (non-hydrogen) atoms. The van der Waals surface area contributed by atoms with E-state index in [4.69, 9.17) is 21.9 Å². The molecule has 1 unspecified atom stereocenters. The average Bonchev–Trinajstić information content (AvgIpc) is 2.81. The Morgan fingerprint density at radius 1 is 1.44 bits per heavy atom. The van der Waals surface area contributed by atoms with E-state index >= 15 is 0 Å². The molecule has 0 aliphatic rings.